The van der Waals surface area contributed by atoms with Crippen molar-refractivity contribution in [2.45, 2.75) is 0 Å². The summed E-state index contributed by atoms with van der Waals surface area (Å²) in [7, 11) is -2.17. The molecule has 0 saturated heterocycles. The molecule has 0 atom stereocenters. The summed E-state index contributed by atoms with van der Waals surface area (Å²) in [5.41, 5.74) is 0. The second-order valence-electron chi connectivity index (χ2n) is 0.957. The third-order valence-electron chi connectivity index (χ3n) is 0.183. The Morgan fingerprint density at radius 2 is 0.923 bits per heavy atom. The number of carboxylic acids is 2. The Bertz CT molecular complexity index is 125. The van der Waals surface area contributed by atoms with Crippen LogP contribution in [0.2, 0.25) is 0 Å². The summed E-state index contributed by atoms with van der Waals surface area (Å²) < 4.78 is 0. The van der Waals surface area contributed by atoms with Crippen LogP contribution in [0.3, 0.4) is 0 Å². The van der Waals surface area contributed by atoms with Gasteiger partial charge in [-0.1, -0.05) is 0 Å². The van der Waals surface area contributed by atoms with Crippen molar-refractivity contribution in [3.05, 3.63) is 0 Å². The van der Waals surface area contributed by atoms with E-state index in [1.807, 2.05) is 0 Å². The molecule has 0 rings (SSSR count). The fourth-order valence-electron chi connectivity index (χ4n) is 0. The first kappa shape index (κ1) is 29.2. The number of hydrogen-bond acceptors (Lipinski definition) is 5. The van der Waals surface area contributed by atoms with Crippen LogP contribution in [0, 0.1) is 0 Å². The maximum atomic E-state index is 9.10. The Morgan fingerprint density at radius 1 is 0.846 bits per heavy atom. The molecule has 0 aliphatic rings. The van der Waals surface area contributed by atoms with E-state index in [0.717, 1.165) is 0 Å². The molecular formula is C2H8BLi3O7. The first-order chi connectivity index (χ1) is 4.37. The predicted octanol–water partition coefficient (Wildman–Crippen LogP) is -11.5. The SMILES string of the molecule is O=C(O)C(=O)O.OB(O)O.[H-].[H-].[H-].[Li+].[Li+].[Li+]. The van der Waals surface area contributed by atoms with Crippen molar-refractivity contribution in [3.8, 4) is 0 Å². The zero-order valence-corrected chi connectivity index (χ0v) is 7.63. The van der Waals surface area contributed by atoms with Crippen LogP contribution in [-0.2, 0) is 9.59 Å². The van der Waals surface area contributed by atoms with Crippen LogP contribution in [0.15, 0.2) is 0 Å². The monoisotopic (exact) mass is 176 g/mol. The molecule has 7 nitrogen and oxygen atoms in total. The van der Waals surface area contributed by atoms with Gasteiger partial charge in [0.05, 0.1) is 0 Å². The fourth-order valence-corrected chi connectivity index (χ4v) is 0. The summed E-state index contributed by atoms with van der Waals surface area (Å²) in [5.74, 6) is -3.65. The molecule has 0 radical (unpaired) electrons. The van der Waals surface area contributed by atoms with Gasteiger partial charge in [-0.2, -0.15) is 0 Å². The number of rotatable bonds is 0. The van der Waals surface area contributed by atoms with Gasteiger partial charge in [0.25, 0.3) is 0 Å². The third-order valence-corrected chi connectivity index (χ3v) is 0.183. The van der Waals surface area contributed by atoms with Crippen molar-refractivity contribution < 1.29 is 95.7 Å². The first-order valence-electron chi connectivity index (χ1n) is 1.88. The van der Waals surface area contributed by atoms with Gasteiger partial charge in [0.1, 0.15) is 0 Å². The van der Waals surface area contributed by atoms with Crippen LogP contribution in [-0.4, -0.2) is 44.5 Å². The van der Waals surface area contributed by atoms with Gasteiger partial charge in [0.15, 0.2) is 0 Å². The molecule has 5 N–H and O–H groups in total. The molecule has 0 heterocycles. The van der Waals surface area contributed by atoms with Crippen molar-refractivity contribution in [1.82, 2.24) is 0 Å². The largest absolute Gasteiger partial charge is 1.00 e. The molecule has 0 spiro atoms. The maximum absolute atomic E-state index is 9.10. The van der Waals surface area contributed by atoms with Gasteiger partial charge < -0.3 is 29.6 Å². The van der Waals surface area contributed by atoms with Crippen LogP contribution < -0.4 is 56.6 Å². The average Bonchev–Trinajstić information content (AvgIpc) is 1.63. The molecule has 0 bridgehead atoms. The number of carboxylic acid groups (broad SMARTS) is 2. The van der Waals surface area contributed by atoms with E-state index < -0.39 is 19.3 Å². The van der Waals surface area contributed by atoms with Gasteiger partial charge in [-0.05, 0) is 0 Å². The summed E-state index contributed by atoms with van der Waals surface area (Å²) in [5, 5.41) is 36.3. The minimum Gasteiger partial charge on any atom is -1.00 e. The summed E-state index contributed by atoms with van der Waals surface area (Å²) in [4.78, 5) is 18.2. The molecule has 0 amide bonds. The van der Waals surface area contributed by atoms with Gasteiger partial charge in [0, 0.05) is 0 Å². The van der Waals surface area contributed by atoms with Crippen LogP contribution in [0.4, 0.5) is 0 Å². The van der Waals surface area contributed by atoms with Crippen LogP contribution >= 0.6 is 0 Å². The molecule has 64 valence electrons. The van der Waals surface area contributed by atoms with E-state index in [2.05, 4.69) is 0 Å². The van der Waals surface area contributed by atoms with Gasteiger partial charge in [-0.25, -0.2) is 9.59 Å². The zero-order chi connectivity index (χ0) is 8.73. The third kappa shape index (κ3) is 66.1. The van der Waals surface area contributed by atoms with E-state index in [1.165, 1.54) is 0 Å². The first-order valence-corrected chi connectivity index (χ1v) is 1.88. The van der Waals surface area contributed by atoms with Gasteiger partial charge in [-0.15, -0.1) is 0 Å². The molecule has 0 aromatic carbocycles. The summed E-state index contributed by atoms with van der Waals surface area (Å²) in [6.07, 6.45) is 0. The Labute approximate surface area is 115 Å². The van der Waals surface area contributed by atoms with E-state index in [9.17, 15) is 0 Å². The fraction of sp³-hybridized carbons (Fsp3) is 0. The van der Waals surface area contributed by atoms with E-state index in [-0.39, 0.29) is 60.9 Å². The molecule has 0 aromatic heterocycles. The van der Waals surface area contributed by atoms with E-state index >= 15 is 0 Å². The standard InChI is InChI=1S/C2H2O4.BH3O3.3Li.3H/c3-1(4)2(5)6;2-1(3)4;;;;;;/h(H,3,4)(H,5,6);2-4H;;;;;;/q;;3*+1;3*-1. The van der Waals surface area contributed by atoms with E-state index in [4.69, 9.17) is 34.9 Å². The molecule has 11 heteroatoms. The second kappa shape index (κ2) is 18.5. The van der Waals surface area contributed by atoms with Crippen molar-refractivity contribution in [2.24, 2.45) is 0 Å². The zero-order valence-electron chi connectivity index (χ0n) is 10.6. The average molecular weight is 176 g/mol. The number of carbonyl (C=O) groups is 2. The van der Waals surface area contributed by atoms with Gasteiger partial charge in [0.2, 0.25) is 0 Å². The van der Waals surface area contributed by atoms with E-state index in [0.29, 0.717) is 0 Å². The number of aliphatic carboxylic acids is 2. The topological polar surface area (TPSA) is 135 Å². The minimum absolute atomic E-state index is 0. The smallest absolute Gasteiger partial charge is 1.00 e. The Kier molecular flexibility index (Phi) is 41.5. The Morgan fingerprint density at radius 3 is 0.923 bits per heavy atom. The maximum Gasteiger partial charge on any atom is 1.00 e. The molecule has 13 heavy (non-hydrogen) atoms. The number of hydrogen-bond donors (Lipinski definition) is 5. The van der Waals surface area contributed by atoms with Gasteiger partial charge in [-0.3, -0.25) is 0 Å². The summed E-state index contributed by atoms with van der Waals surface area (Å²) >= 11 is 0. The second-order valence-corrected chi connectivity index (χ2v) is 0.957. The molecular weight excluding hydrogens is 168 g/mol. The van der Waals surface area contributed by atoms with Gasteiger partial charge >= 0.3 is 75.8 Å². The van der Waals surface area contributed by atoms with Crippen molar-refractivity contribution in [3.63, 3.8) is 0 Å². The molecule has 0 unspecified atom stereocenters. The molecule has 0 aromatic rings. The summed E-state index contributed by atoms with van der Waals surface area (Å²) in [6, 6.07) is 0. The van der Waals surface area contributed by atoms with Crippen molar-refractivity contribution in [2.75, 3.05) is 0 Å². The normalized spacial score (nSPS) is 5.46. The van der Waals surface area contributed by atoms with Crippen molar-refractivity contribution >= 4 is 19.3 Å². The minimum atomic E-state index is -2.17. The molecule has 0 fully saturated rings. The van der Waals surface area contributed by atoms with Crippen molar-refractivity contribution in [1.29, 1.82) is 0 Å². The quantitative estimate of drug-likeness (QED) is 0.182. The predicted molar refractivity (Wildman–Crippen MR) is 31.0 cm³/mol. The summed E-state index contributed by atoms with van der Waals surface area (Å²) in [6.45, 7) is 0. The molecule has 0 saturated carbocycles. The van der Waals surface area contributed by atoms with Crippen LogP contribution in [0.25, 0.3) is 0 Å². The Balaban J connectivity index is -0.00000001000. The molecule has 0 aliphatic heterocycles. The Hall–Kier alpha value is 0.677. The van der Waals surface area contributed by atoms with Crippen LogP contribution in [0.5, 0.6) is 0 Å². The van der Waals surface area contributed by atoms with E-state index in [1.54, 1.807) is 0 Å². The van der Waals surface area contributed by atoms with Crippen LogP contribution in [0.1, 0.15) is 4.28 Å². The molecule has 0 aliphatic carbocycles.